The van der Waals surface area contributed by atoms with Crippen LogP contribution in [0.3, 0.4) is 0 Å². The molecular weight excluding hydrogens is 594 g/mol. The summed E-state index contributed by atoms with van der Waals surface area (Å²) in [7, 11) is 0. The Morgan fingerprint density at radius 1 is 0.436 bits per heavy atom. The van der Waals surface area contributed by atoms with Crippen molar-refractivity contribution in [1.29, 1.82) is 0 Å². The van der Waals surface area contributed by atoms with E-state index in [2.05, 4.69) is 0 Å². The molecule has 5 aromatic rings. The monoisotopic (exact) mass is 622 g/mol. The second kappa shape index (κ2) is 10.9. The van der Waals surface area contributed by atoms with Crippen molar-refractivity contribution in [2.24, 2.45) is 0 Å². The minimum absolute atomic E-state index is 0.422. The Morgan fingerprint density at radius 3 is 1.03 bits per heavy atom. The molecule has 0 aliphatic carbocycles. The van der Waals surface area contributed by atoms with Gasteiger partial charge in [0.05, 0.1) is 0 Å². The molecule has 0 atom stereocenters. The third-order valence-corrected chi connectivity index (χ3v) is 20.4. The fraction of sp³-hybridized carbons (Fsp3) is 0.0588. The van der Waals surface area contributed by atoms with Crippen molar-refractivity contribution < 1.29 is 15.6 Å². The van der Waals surface area contributed by atoms with E-state index in [1.807, 2.05) is 129 Å². The van der Waals surface area contributed by atoms with Gasteiger partial charge in [0, 0.05) is 0 Å². The van der Waals surface area contributed by atoms with Gasteiger partial charge >= 0.3 is 232 Å². The van der Waals surface area contributed by atoms with Crippen LogP contribution in [0.2, 0.25) is 0 Å². The van der Waals surface area contributed by atoms with Crippen LogP contribution < -0.4 is 10.5 Å². The van der Waals surface area contributed by atoms with E-state index in [1.54, 1.807) is 24.3 Å². The molecule has 5 aromatic carbocycles. The van der Waals surface area contributed by atoms with Crippen molar-refractivity contribution >= 4 is 40.7 Å². The Bertz CT molecular complexity index is 1450. The molecule has 5 rings (SSSR count). The molecule has 0 spiro atoms. The molecule has 0 N–H and O–H groups in total. The van der Waals surface area contributed by atoms with E-state index in [0.29, 0.717) is 21.7 Å². The molecule has 0 saturated carbocycles. The van der Waals surface area contributed by atoms with Crippen molar-refractivity contribution in [3.63, 3.8) is 0 Å². The Morgan fingerprint density at radius 2 is 0.718 bits per heavy atom. The van der Waals surface area contributed by atoms with Gasteiger partial charge in [-0.25, -0.2) is 0 Å². The summed E-state index contributed by atoms with van der Waals surface area (Å²) in [5.41, 5.74) is 2.39. The standard InChI is InChI=1S/2C8H8O2.3C6H5.Sb/c2*1-6-4-2-3-5-7(6)8(9)10;3*1-2-4-6-5-3-1;/h2*2-5H,1H3,(H,9,10);3*1-5H;/q;;;;;+2/p-2. The molecule has 0 unspecified atom stereocenters. The first-order chi connectivity index (χ1) is 18.9. The predicted molar refractivity (Wildman–Crippen MR) is 157 cm³/mol. The molecule has 4 nitrogen and oxygen atoms in total. The van der Waals surface area contributed by atoms with Crippen molar-refractivity contribution in [2.75, 3.05) is 0 Å². The number of aryl methyl sites for hydroxylation is 2. The second-order valence-electron chi connectivity index (χ2n) is 9.35. The first-order valence-corrected chi connectivity index (χ1v) is 18.7. The summed E-state index contributed by atoms with van der Waals surface area (Å²) in [6.45, 7) is 3.73. The van der Waals surface area contributed by atoms with Gasteiger partial charge in [-0.05, 0) is 0 Å². The Hall–Kier alpha value is -4.14. The summed E-state index contributed by atoms with van der Waals surface area (Å²) in [6.07, 6.45) is 0. The molecule has 0 radical (unpaired) electrons. The number of rotatable bonds is 7. The van der Waals surface area contributed by atoms with Crippen molar-refractivity contribution in [3.8, 4) is 0 Å². The molecule has 5 heteroatoms. The van der Waals surface area contributed by atoms with E-state index in [9.17, 15) is 9.59 Å². The van der Waals surface area contributed by atoms with Crippen LogP contribution in [-0.4, -0.2) is 30.2 Å². The molecule has 39 heavy (non-hydrogen) atoms. The minimum atomic E-state index is -5.95. The molecule has 0 heterocycles. The van der Waals surface area contributed by atoms with E-state index >= 15 is 0 Å². The van der Waals surface area contributed by atoms with Gasteiger partial charge in [0.1, 0.15) is 0 Å². The number of carbonyl (C=O) groups excluding carboxylic acids is 2. The molecule has 0 aliphatic heterocycles. The van der Waals surface area contributed by atoms with Gasteiger partial charge in [0.2, 0.25) is 0 Å². The first-order valence-electron chi connectivity index (χ1n) is 12.7. The quantitative estimate of drug-likeness (QED) is 0.227. The molecule has 0 bridgehead atoms. The first kappa shape index (κ1) is 26.5. The zero-order chi connectivity index (χ0) is 27.3. The van der Waals surface area contributed by atoms with E-state index < -0.39 is 30.2 Å². The summed E-state index contributed by atoms with van der Waals surface area (Å²) < 4.78 is 15.8. The predicted octanol–water partition coefficient (Wildman–Crippen LogP) is 5.44. The average Bonchev–Trinajstić information content (AvgIpc) is 2.98. The van der Waals surface area contributed by atoms with Crippen molar-refractivity contribution in [1.82, 2.24) is 0 Å². The zero-order valence-corrected chi connectivity index (χ0v) is 24.4. The van der Waals surface area contributed by atoms with Crippen LogP contribution in [0.15, 0.2) is 140 Å². The number of carbonyl (C=O) groups is 2. The molecular formula is C34H29O4Sb. The molecule has 0 aromatic heterocycles. The van der Waals surface area contributed by atoms with Gasteiger partial charge in [-0.3, -0.25) is 0 Å². The fourth-order valence-corrected chi connectivity index (χ4v) is 17.8. The summed E-state index contributed by atoms with van der Waals surface area (Å²) in [6, 6.07) is 43.0. The van der Waals surface area contributed by atoms with Crippen LogP contribution in [0.1, 0.15) is 31.8 Å². The number of benzene rings is 5. The van der Waals surface area contributed by atoms with E-state index in [0.717, 1.165) is 11.1 Å². The summed E-state index contributed by atoms with van der Waals surface area (Å²) in [5, 5.41) is 0. The van der Waals surface area contributed by atoms with Gasteiger partial charge in [-0.15, -0.1) is 0 Å². The van der Waals surface area contributed by atoms with Crippen molar-refractivity contribution in [3.05, 3.63) is 162 Å². The van der Waals surface area contributed by atoms with Crippen molar-refractivity contribution in [2.45, 2.75) is 13.8 Å². The molecule has 194 valence electrons. The zero-order valence-electron chi connectivity index (χ0n) is 21.9. The van der Waals surface area contributed by atoms with Gasteiger partial charge < -0.3 is 0 Å². The third-order valence-electron chi connectivity index (χ3n) is 6.92. The maximum atomic E-state index is 14.2. The van der Waals surface area contributed by atoms with Crippen LogP contribution in [0.25, 0.3) is 0 Å². The topological polar surface area (TPSA) is 52.6 Å². The Kier molecular flexibility index (Phi) is 7.41. The molecule has 0 saturated heterocycles. The number of hydrogen-bond acceptors (Lipinski definition) is 4. The SMILES string of the molecule is Cc1ccccc1C(=O)[O][Sb]([O]C(=O)c1ccccc1C)([c]1ccccc1)([c]1ccccc1)[c]1ccccc1. The number of hydrogen-bond donors (Lipinski definition) is 0. The summed E-state index contributed by atoms with van der Waals surface area (Å²) in [4.78, 5) is 28.5. The van der Waals surface area contributed by atoms with E-state index in [4.69, 9.17) is 6.03 Å². The van der Waals surface area contributed by atoms with E-state index in [-0.39, 0.29) is 0 Å². The van der Waals surface area contributed by atoms with Gasteiger partial charge in [-0.1, -0.05) is 0 Å². The second-order valence-corrected chi connectivity index (χ2v) is 20.3. The van der Waals surface area contributed by atoms with Crippen LogP contribution in [0.4, 0.5) is 0 Å². The Labute approximate surface area is 231 Å². The van der Waals surface area contributed by atoms with E-state index in [1.165, 1.54) is 0 Å². The molecule has 0 fully saturated rings. The molecule has 0 amide bonds. The van der Waals surface area contributed by atoms with Gasteiger partial charge in [0.25, 0.3) is 0 Å². The maximum absolute atomic E-state index is 14.2. The summed E-state index contributed by atoms with van der Waals surface area (Å²) in [5.74, 6) is -1.08. The van der Waals surface area contributed by atoms with Crippen LogP contribution in [0, 0.1) is 13.8 Å². The van der Waals surface area contributed by atoms with Crippen LogP contribution in [-0.2, 0) is 6.03 Å². The van der Waals surface area contributed by atoms with Gasteiger partial charge in [-0.2, -0.15) is 0 Å². The van der Waals surface area contributed by atoms with Crippen LogP contribution >= 0.6 is 0 Å². The normalized spacial score (nSPS) is 12.1. The third kappa shape index (κ3) is 4.66. The fourth-order valence-electron chi connectivity index (χ4n) is 4.90. The summed E-state index contributed by atoms with van der Waals surface area (Å²) >= 11 is -5.95. The van der Waals surface area contributed by atoms with Crippen LogP contribution in [0.5, 0.6) is 0 Å². The molecule has 0 aliphatic rings. The van der Waals surface area contributed by atoms with Gasteiger partial charge in [0.15, 0.2) is 0 Å². The Balaban J connectivity index is 1.90. The average molecular weight is 623 g/mol.